The quantitative estimate of drug-likeness (QED) is 0.242. The van der Waals surface area contributed by atoms with Gasteiger partial charge in [0.05, 0.1) is 44.5 Å². The van der Waals surface area contributed by atoms with Crippen LogP contribution in [-0.4, -0.2) is 88.6 Å². The van der Waals surface area contributed by atoms with Crippen LogP contribution in [0.4, 0.5) is 0 Å². The molecule has 0 aliphatic carbocycles. The summed E-state index contributed by atoms with van der Waals surface area (Å²) in [5.74, 6) is -16.0. The van der Waals surface area contributed by atoms with Crippen molar-refractivity contribution in [2.45, 2.75) is 6.92 Å². The van der Waals surface area contributed by atoms with Crippen molar-refractivity contribution in [1.82, 2.24) is 0 Å². The number of hydrogen-bond acceptors (Lipinski definition) is 8. The summed E-state index contributed by atoms with van der Waals surface area (Å²) in [6.45, 7) is 1.71. The number of rotatable bonds is 8. The van der Waals surface area contributed by atoms with E-state index in [1.165, 1.54) is 12.1 Å². The third-order valence-corrected chi connectivity index (χ3v) is 4.42. The van der Waals surface area contributed by atoms with E-state index in [9.17, 15) is 38.4 Å². The van der Waals surface area contributed by atoms with Gasteiger partial charge in [0, 0.05) is 0 Å². The molecule has 0 atom stereocenters. The third kappa shape index (κ3) is 6.01. The van der Waals surface area contributed by atoms with Crippen molar-refractivity contribution in [2.75, 3.05) is 0 Å². The molecule has 0 saturated carbocycles. The summed E-state index contributed by atoms with van der Waals surface area (Å²) in [6.07, 6.45) is 0. The zero-order valence-corrected chi connectivity index (χ0v) is 18.1. The Morgan fingerprint density at radius 1 is 0.405 bits per heavy atom. The Morgan fingerprint density at radius 2 is 0.649 bits per heavy atom. The number of carboxylic acid groups (broad SMARTS) is 8. The lowest BCUT2D eigenvalue weighted by Gasteiger charge is -2.15. The van der Waals surface area contributed by atoms with Crippen LogP contribution in [0.5, 0.6) is 0 Å². The van der Waals surface area contributed by atoms with Gasteiger partial charge in [-0.2, -0.15) is 0 Å². The highest BCUT2D eigenvalue weighted by atomic mass is 16.4. The van der Waals surface area contributed by atoms with Gasteiger partial charge >= 0.3 is 47.8 Å². The predicted octanol–water partition coefficient (Wildman–Crippen LogP) is 1.27. The summed E-state index contributed by atoms with van der Waals surface area (Å²) in [7, 11) is 0. The van der Waals surface area contributed by atoms with E-state index in [1.54, 1.807) is 13.0 Å². The summed E-state index contributed by atoms with van der Waals surface area (Å²) < 4.78 is 0. The van der Waals surface area contributed by atoms with E-state index in [-0.39, 0.29) is 11.1 Å². The zero-order chi connectivity index (χ0) is 28.9. The number of aryl methyl sites for hydroxylation is 1. The second-order valence-electron chi connectivity index (χ2n) is 6.74. The van der Waals surface area contributed by atoms with Crippen molar-refractivity contribution < 1.29 is 79.2 Å². The van der Waals surface area contributed by atoms with Gasteiger partial charge in [-0.1, -0.05) is 11.6 Å². The van der Waals surface area contributed by atoms with Crippen molar-refractivity contribution in [3.05, 3.63) is 68.3 Å². The molecule has 0 heterocycles. The maximum Gasteiger partial charge on any atom is 0.337 e. The molecule has 0 aromatic heterocycles. The van der Waals surface area contributed by atoms with Gasteiger partial charge in [0.25, 0.3) is 0 Å². The van der Waals surface area contributed by atoms with Gasteiger partial charge in [-0.15, -0.1) is 0 Å². The minimum atomic E-state index is -2.26. The normalized spacial score (nSPS) is 9.86. The number of hydrogen-bond donors (Lipinski definition) is 8. The smallest absolute Gasteiger partial charge is 0.337 e. The molecule has 8 N–H and O–H groups in total. The lowest BCUT2D eigenvalue weighted by Crippen LogP contribution is -2.27. The first-order valence-electron chi connectivity index (χ1n) is 9.16. The summed E-state index contributed by atoms with van der Waals surface area (Å²) >= 11 is 0. The standard InChI is InChI=1S/C12H6O12.C9H8O4/c13-7(14)1-2(8(15)16)4(10(19)20)6(12(23)24)5(11(21)22)3(1)9(17)18;1-5-2-3-6(8(10)11)7(4-5)9(12)13/h(H,13,14)(H,15,16)(H,17,18)(H,19,20)(H,21,22)(H,23,24);2-4H,1H3,(H,10,11)(H,12,13). The number of benzene rings is 2. The lowest BCUT2D eigenvalue weighted by molar-refractivity contribution is 0.0592. The van der Waals surface area contributed by atoms with Crippen LogP contribution >= 0.6 is 0 Å². The van der Waals surface area contributed by atoms with Gasteiger partial charge in [0.15, 0.2) is 0 Å². The van der Waals surface area contributed by atoms with Crippen LogP contribution < -0.4 is 0 Å². The van der Waals surface area contributed by atoms with Crippen LogP contribution in [0.25, 0.3) is 0 Å². The van der Waals surface area contributed by atoms with E-state index >= 15 is 0 Å². The van der Waals surface area contributed by atoms with Gasteiger partial charge in [-0.25, -0.2) is 38.4 Å². The van der Waals surface area contributed by atoms with E-state index in [4.69, 9.17) is 40.9 Å². The molecular weight excluding hydrogens is 508 g/mol. The van der Waals surface area contributed by atoms with Gasteiger partial charge in [-0.05, 0) is 19.1 Å². The summed E-state index contributed by atoms with van der Waals surface area (Å²) in [4.78, 5) is 88.5. The highest BCUT2D eigenvalue weighted by Crippen LogP contribution is 2.30. The molecule has 0 spiro atoms. The molecule has 37 heavy (non-hydrogen) atoms. The maximum atomic E-state index is 11.2. The Kier molecular flexibility index (Phi) is 8.76. The average Bonchev–Trinajstić information content (AvgIpc) is 2.76. The minimum Gasteiger partial charge on any atom is -0.478 e. The Hall–Kier alpha value is -5.80. The number of carboxylic acids is 8. The van der Waals surface area contributed by atoms with Gasteiger partial charge in [-0.3, -0.25) is 0 Å². The molecule has 0 saturated heterocycles. The van der Waals surface area contributed by atoms with Crippen LogP contribution in [0.1, 0.15) is 88.4 Å². The summed E-state index contributed by atoms with van der Waals surface area (Å²) in [6, 6.07) is 4.20. The molecular formula is C21H14O16. The van der Waals surface area contributed by atoms with Crippen molar-refractivity contribution in [3.63, 3.8) is 0 Å². The van der Waals surface area contributed by atoms with Crippen molar-refractivity contribution in [2.24, 2.45) is 0 Å². The zero-order valence-electron chi connectivity index (χ0n) is 18.1. The monoisotopic (exact) mass is 522 g/mol. The SMILES string of the molecule is Cc1ccc(C(=O)O)c(C(=O)O)c1.O=C(O)c1c(C(=O)O)c(C(=O)O)c(C(=O)O)c(C(=O)O)c1C(=O)O. The molecule has 2 aromatic carbocycles. The topological polar surface area (TPSA) is 298 Å². The first-order valence-corrected chi connectivity index (χ1v) is 9.16. The molecule has 2 aromatic rings. The molecule has 0 fully saturated rings. The van der Waals surface area contributed by atoms with Crippen LogP contribution in [0.2, 0.25) is 0 Å². The highest BCUT2D eigenvalue weighted by Gasteiger charge is 2.40. The van der Waals surface area contributed by atoms with Gasteiger partial charge < -0.3 is 40.9 Å². The van der Waals surface area contributed by atoms with Crippen molar-refractivity contribution in [1.29, 1.82) is 0 Å². The van der Waals surface area contributed by atoms with Crippen LogP contribution in [0.15, 0.2) is 18.2 Å². The molecule has 16 heteroatoms. The second kappa shape index (κ2) is 11.1. The Bertz CT molecular complexity index is 1200. The summed E-state index contributed by atoms with van der Waals surface area (Å²) in [5, 5.41) is 71.5. The first kappa shape index (κ1) is 29.2. The van der Waals surface area contributed by atoms with E-state index in [0.717, 1.165) is 5.56 Å². The summed E-state index contributed by atoms with van der Waals surface area (Å²) in [5.41, 5.74) is -9.58. The molecule has 0 bridgehead atoms. The van der Waals surface area contributed by atoms with Crippen molar-refractivity contribution in [3.8, 4) is 0 Å². The minimum absolute atomic E-state index is 0.174. The van der Waals surface area contributed by atoms with Gasteiger partial charge in [0.2, 0.25) is 0 Å². The first-order chi connectivity index (χ1) is 16.9. The average molecular weight is 522 g/mol. The number of carbonyl (C=O) groups is 8. The van der Waals surface area contributed by atoms with Crippen LogP contribution in [0, 0.1) is 6.92 Å². The number of aromatic carboxylic acids is 8. The fraction of sp³-hybridized carbons (Fsp3) is 0.0476. The molecule has 0 aliphatic heterocycles. The Morgan fingerprint density at radius 3 is 0.838 bits per heavy atom. The van der Waals surface area contributed by atoms with E-state index in [2.05, 4.69) is 0 Å². The maximum absolute atomic E-state index is 11.2. The van der Waals surface area contributed by atoms with Crippen LogP contribution in [0.3, 0.4) is 0 Å². The molecule has 0 unspecified atom stereocenters. The Balaban J connectivity index is 0.000000442. The second-order valence-corrected chi connectivity index (χ2v) is 6.74. The fourth-order valence-corrected chi connectivity index (χ4v) is 3.05. The molecule has 2 rings (SSSR count). The van der Waals surface area contributed by atoms with Gasteiger partial charge in [0.1, 0.15) is 0 Å². The molecule has 16 nitrogen and oxygen atoms in total. The highest BCUT2D eigenvalue weighted by molar-refractivity contribution is 6.22. The van der Waals surface area contributed by atoms with Crippen molar-refractivity contribution >= 4 is 47.8 Å². The lowest BCUT2D eigenvalue weighted by atomic mass is 9.86. The van der Waals surface area contributed by atoms with Crippen LogP contribution in [-0.2, 0) is 0 Å². The predicted molar refractivity (Wildman–Crippen MR) is 113 cm³/mol. The van der Waals surface area contributed by atoms with E-state index in [1.807, 2.05) is 0 Å². The largest absolute Gasteiger partial charge is 0.478 e. The molecule has 0 aliphatic rings. The van der Waals surface area contributed by atoms with E-state index < -0.39 is 81.1 Å². The van der Waals surface area contributed by atoms with E-state index in [0.29, 0.717) is 0 Å². The Labute approximate surface area is 202 Å². The third-order valence-electron chi connectivity index (χ3n) is 4.42. The molecule has 0 amide bonds. The molecule has 0 radical (unpaired) electrons. The molecule has 194 valence electrons. The fourth-order valence-electron chi connectivity index (χ4n) is 3.05.